The number of amides is 4. The monoisotopic (exact) mass is 396 g/mol. The maximum absolute atomic E-state index is 13.1. The molecule has 3 rings (SSSR count). The molecule has 29 heavy (non-hydrogen) atoms. The van der Waals surface area contributed by atoms with Crippen LogP contribution in [0.1, 0.15) is 33.3 Å². The number of nitrogens with one attached hydrogen (secondary N) is 2. The highest BCUT2D eigenvalue weighted by molar-refractivity contribution is 6.07. The van der Waals surface area contributed by atoms with Gasteiger partial charge in [-0.3, -0.25) is 14.5 Å². The molecular weight excluding hydrogens is 368 g/mol. The van der Waals surface area contributed by atoms with Gasteiger partial charge in [0.05, 0.1) is 13.2 Å². The summed E-state index contributed by atoms with van der Waals surface area (Å²) in [5, 5.41) is 7.76. The van der Waals surface area contributed by atoms with Crippen LogP contribution in [0, 0.1) is 0 Å². The van der Waals surface area contributed by atoms with E-state index < -0.39 is 11.6 Å². The minimum Gasteiger partial charge on any atom is -0.350 e. The van der Waals surface area contributed by atoms with Crippen molar-refractivity contribution < 1.29 is 14.4 Å². The number of urea groups is 1. The van der Waals surface area contributed by atoms with E-state index in [0.29, 0.717) is 0 Å². The average molecular weight is 396 g/mol. The molecule has 1 heterocycles. The number of rotatable bonds is 5. The highest BCUT2D eigenvalue weighted by Crippen LogP contribution is 2.31. The second-order valence-electron chi connectivity index (χ2n) is 8.80. The van der Waals surface area contributed by atoms with Crippen LogP contribution >= 0.6 is 0 Å². The van der Waals surface area contributed by atoms with Gasteiger partial charge in [-0.25, -0.2) is 9.69 Å². The van der Waals surface area contributed by atoms with Gasteiger partial charge < -0.3 is 10.6 Å². The van der Waals surface area contributed by atoms with E-state index in [1.54, 1.807) is 18.9 Å². The third-order valence-corrected chi connectivity index (χ3v) is 4.91. The molecule has 1 atom stereocenters. The Kier molecular flexibility index (Phi) is 5.36. The first kappa shape index (κ1) is 20.8. The molecule has 154 valence electrons. The Morgan fingerprint density at radius 3 is 2.45 bits per heavy atom. The van der Waals surface area contributed by atoms with Gasteiger partial charge in [0.1, 0.15) is 5.54 Å². The van der Waals surface area contributed by atoms with Gasteiger partial charge in [0, 0.05) is 5.54 Å². The lowest BCUT2D eigenvalue weighted by Crippen LogP contribution is -2.48. The van der Waals surface area contributed by atoms with Crippen LogP contribution in [0.15, 0.2) is 42.5 Å². The molecule has 0 saturated carbocycles. The van der Waals surface area contributed by atoms with Crippen molar-refractivity contribution in [1.82, 2.24) is 20.4 Å². The standard InChI is InChI=1S/C22H28N4O3/c1-21(2,3)23-18(27)13-25(5)14-26-19(28)22(4,24-20(26)29)17-11-10-15-8-6-7-9-16(15)12-17/h6-12H,13-14H2,1-5H3,(H,23,27)(H,24,29)/t22-/m1/s1. The van der Waals surface area contributed by atoms with Gasteiger partial charge in [0.15, 0.2) is 0 Å². The fourth-order valence-corrected chi connectivity index (χ4v) is 3.52. The van der Waals surface area contributed by atoms with Crippen LogP contribution in [0.2, 0.25) is 0 Å². The number of benzene rings is 2. The zero-order chi connectivity index (χ0) is 21.4. The Morgan fingerprint density at radius 1 is 1.14 bits per heavy atom. The van der Waals surface area contributed by atoms with Gasteiger partial charge in [0.2, 0.25) is 5.91 Å². The van der Waals surface area contributed by atoms with Crippen LogP contribution in [-0.2, 0) is 15.1 Å². The molecule has 0 aliphatic carbocycles. The fraction of sp³-hybridized carbons (Fsp3) is 0.409. The van der Waals surface area contributed by atoms with Crippen molar-refractivity contribution in [2.24, 2.45) is 0 Å². The molecule has 0 aromatic heterocycles. The van der Waals surface area contributed by atoms with Gasteiger partial charge in [0.25, 0.3) is 5.91 Å². The molecular formula is C22H28N4O3. The van der Waals surface area contributed by atoms with Crippen LogP contribution in [-0.4, -0.2) is 53.4 Å². The number of fused-ring (bicyclic) bond motifs is 1. The maximum atomic E-state index is 13.1. The Balaban J connectivity index is 1.75. The van der Waals surface area contributed by atoms with Crippen molar-refractivity contribution in [3.8, 4) is 0 Å². The molecule has 0 spiro atoms. The van der Waals surface area contributed by atoms with E-state index in [1.807, 2.05) is 63.2 Å². The SMILES string of the molecule is CN(CC(=O)NC(C)(C)C)CN1C(=O)N[C@](C)(c2ccc3ccccc3c2)C1=O. The van der Waals surface area contributed by atoms with Crippen LogP contribution < -0.4 is 10.6 Å². The van der Waals surface area contributed by atoms with E-state index in [9.17, 15) is 14.4 Å². The summed E-state index contributed by atoms with van der Waals surface area (Å²) in [6, 6.07) is 13.1. The first-order valence-electron chi connectivity index (χ1n) is 9.62. The number of likely N-dealkylation sites (N-methyl/N-ethyl adjacent to an activating group) is 1. The molecule has 1 saturated heterocycles. The molecule has 0 radical (unpaired) electrons. The van der Waals surface area contributed by atoms with Crippen molar-refractivity contribution in [1.29, 1.82) is 0 Å². The van der Waals surface area contributed by atoms with Crippen LogP contribution in [0.4, 0.5) is 4.79 Å². The normalized spacial score (nSPS) is 19.7. The van der Waals surface area contributed by atoms with Gasteiger partial charge >= 0.3 is 6.03 Å². The van der Waals surface area contributed by atoms with Gasteiger partial charge in [-0.05, 0) is 57.1 Å². The average Bonchev–Trinajstić information content (AvgIpc) is 2.83. The summed E-state index contributed by atoms with van der Waals surface area (Å²) in [4.78, 5) is 40.6. The topological polar surface area (TPSA) is 81.8 Å². The van der Waals surface area contributed by atoms with Crippen LogP contribution in [0.25, 0.3) is 10.8 Å². The van der Waals surface area contributed by atoms with Gasteiger partial charge in [-0.15, -0.1) is 0 Å². The summed E-state index contributed by atoms with van der Waals surface area (Å²) in [6.07, 6.45) is 0. The van der Waals surface area contributed by atoms with Crippen molar-refractivity contribution in [2.45, 2.75) is 38.8 Å². The second-order valence-corrected chi connectivity index (χ2v) is 8.80. The number of hydrogen-bond donors (Lipinski definition) is 2. The summed E-state index contributed by atoms with van der Waals surface area (Å²) >= 11 is 0. The smallest absolute Gasteiger partial charge is 0.326 e. The zero-order valence-electron chi connectivity index (χ0n) is 17.6. The fourth-order valence-electron chi connectivity index (χ4n) is 3.52. The molecule has 2 aromatic rings. The number of carbonyl (C=O) groups excluding carboxylic acids is 3. The molecule has 1 aliphatic heterocycles. The second kappa shape index (κ2) is 7.48. The van der Waals surface area contributed by atoms with Crippen molar-refractivity contribution in [2.75, 3.05) is 20.3 Å². The van der Waals surface area contributed by atoms with Crippen LogP contribution in [0.5, 0.6) is 0 Å². The summed E-state index contributed by atoms with van der Waals surface area (Å²) in [6.45, 7) is 7.53. The molecule has 7 heteroatoms. The Hall–Kier alpha value is -2.93. The number of hydrogen-bond acceptors (Lipinski definition) is 4. The molecule has 1 fully saturated rings. The Morgan fingerprint density at radius 2 is 1.79 bits per heavy atom. The predicted octanol–water partition coefficient (Wildman–Crippen LogP) is 2.41. The predicted molar refractivity (Wildman–Crippen MR) is 112 cm³/mol. The molecule has 0 unspecified atom stereocenters. The number of carbonyl (C=O) groups is 3. The van der Waals surface area contributed by atoms with E-state index in [-0.39, 0.29) is 30.6 Å². The highest BCUT2D eigenvalue weighted by atomic mass is 16.2. The van der Waals surface area contributed by atoms with E-state index in [0.717, 1.165) is 21.2 Å². The van der Waals surface area contributed by atoms with Crippen molar-refractivity contribution >= 4 is 28.6 Å². The lowest BCUT2D eigenvalue weighted by atomic mass is 9.90. The molecule has 2 N–H and O–H groups in total. The highest BCUT2D eigenvalue weighted by Gasteiger charge is 2.49. The summed E-state index contributed by atoms with van der Waals surface area (Å²) in [7, 11) is 1.70. The van der Waals surface area contributed by atoms with Crippen molar-refractivity contribution in [3.63, 3.8) is 0 Å². The summed E-state index contributed by atoms with van der Waals surface area (Å²) in [5.74, 6) is -0.495. The van der Waals surface area contributed by atoms with E-state index in [1.165, 1.54) is 0 Å². The van der Waals surface area contributed by atoms with E-state index in [2.05, 4.69) is 10.6 Å². The maximum Gasteiger partial charge on any atom is 0.326 e. The molecule has 1 aliphatic rings. The molecule has 4 amide bonds. The summed E-state index contributed by atoms with van der Waals surface area (Å²) < 4.78 is 0. The Bertz CT molecular complexity index is 966. The minimum absolute atomic E-state index is 0.0331. The largest absolute Gasteiger partial charge is 0.350 e. The van der Waals surface area contributed by atoms with Crippen molar-refractivity contribution in [3.05, 3.63) is 48.0 Å². The van der Waals surface area contributed by atoms with Gasteiger partial charge in [-0.2, -0.15) is 0 Å². The van der Waals surface area contributed by atoms with Crippen LogP contribution in [0.3, 0.4) is 0 Å². The lowest BCUT2D eigenvalue weighted by molar-refractivity contribution is -0.133. The molecule has 2 aromatic carbocycles. The number of nitrogens with zero attached hydrogens (tertiary/aromatic N) is 2. The third kappa shape index (κ3) is 4.40. The zero-order valence-corrected chi connectivity index (χ0v) is 17.6. The van der Waals surface area contributed by atoms with Gasteiger partial charge in [-0.1, -0.05) is 36.4 Å². The quantitative estimate of drug-likeness (QED) is 0.761. The minimum atomic E-state index is -1.14. The van der Waals surface area contributed by atoms with E-state index in [4.69, 9.17) is 0 Å². The number of imide groups is 1. The molecule has 7 nitrogen and oxygen atoms in total. The summed E-state index contributed by atoms with van der Waals surface area (Å²) in [5.41, 5.74) is -0.756. The third-order valence-electron chi connectivity index (χ3n) is 4.91. The van der Waals surface area contributed by atoms with E-state index >= 15 is 0 Å². The molecule has 0 bridgehead atoms. The first-order chi connectivity index (χ1) is 13.5. The first-order valence-corrected chi connectivity index (χ1v) is 9.62. The lowest BCUT2D eigenvalue weighted by Gasteiger charge is -2.26. The Labute approximate surface area is 171 Å².